The van der Waals surface area contributed by atoms with E-state index in [0.717, 1.165) is 18.1 Å². The second-order valence-corrected chi connectivity index (χ2v) is 6.21. The molecule has 1 rings (SSSR count). The summed E-state index contributed by atoms with van der Waals surface area (Å²) in [4.78, 5) is 8.45. The van der Waals surface area contributed by atoms with Crippen molar-refractivity contribution in [1.82, 2.24) is 9.97 Å². The molecule has 0 aliphatic heterocycles. The summed E-state index contributed by atoms with van der Waals surface area (Å²) in [5, 5.41) is 6.70. The van der Waals surface area contributed by atoms with Gasteiger partial charge in [0.1, 0.15) is 18.0 Å². The smallest absolute Gasteiger partial charge is 0.131 e. The molecule has 0 spiro atoms. The molecule has 5 nitrogen and oxygen atoms in total. The first-order valence-electron chi connectivity index (χ1n) is 6.30. The zero-order chi connectivity index (χ0) is 13.8. The third kappa shape index (κ3) is 5.31. The minimum atomic E-state index is -0.0674. The van der Waals surface area contributed by atoms with Gasteiger partial charge in [0.25, 0.3) is 0 Å². The molecular formula is C13H25N5. The highest BCUT2D eigenvalue weighted by Crippen LogP contribution is 2.19. The minimum Gasteiger partial charge on any atom is -0.365 e. The topological polar surface area (TPSA) is 75.9 Å². The van der Waals surface area contributed by atoms with Crippen LogP contribution in [0.15, 0.2) is 12.4 Å². The Labute approximate surface area is 110 Å². The van der Waals surface area contributed by atoms with Crippen molar-refractivity contribution < 1.29 is 0 Å². The molecule has 0 aliphatic rings. The molecule has 102 valence electrons. The lowest BCUT2D eigenvalue weighted by Crippen LogP contribution is -2.34. The fraction of sp³-hybridized carbons (Fsp3) is 0.692. The Hall–Kier alpha value is -1.36. The second-order valence-electron chi connectivity index (χ2n) is 6.21. The Morgan fingerprint density at radius 3 is 2.11 bits per heavy atom. The Morgan fingerprint density at radius 1 is 1.06 bits per heavy atom. The molecule has 18 heavy (non-hydrogen) atoms. The molecule has 0 fully saturated rings. The van der Waals surface area contributed by atoms with Crippen LogP contribution in [0.5, 0.6) is 0 Å². The number of aromatic nitrogens is 2. The van der Waals surface area contributed by atoms with Crippen molar-refractivity contribution in [3.63, 3.8) is 0 Å². The van der Waals surface area contributed by atoms with E-state index in [9.17, 15) is 0 Å². The van der Waals surface area contributed by atoms with Crippen LogP contribution in [0.25, 0.3) is 0 Å². The predicted octanol–water partition coefficient (Wildman–Crippen LogP) is 2.23. The minimum absolute atomic E-state index is 0.0155. The fourth-order valence-electron chi connectivity index (χ4n) is 1.65. The van der Waals surface area contributed by atoms with Crippen molar-refractivity contribution in [2.45, 2.75) is 52.1 Å². The molecule has 5 heteroatoms. The van der Waals surface area contributed by atoms with Gasteiger partial charge in [-0.3, -0.25) is 0 Å². The molecule has 1 aromatic heterocycles. The van der Waals surface area contributed by atoms with E-state index in [4.69, 9.17) is 5.73 Å². The van der Waals surface area contributed by atoms with Crippen molar-refractivity contribution in [3.8, 4) is 0 Å². The number of hydrogen-bond donors (Lipinski definition) is 3. The van der Waals surface area contributed by atoms with Crippen LogP contribution in [0, 0.1) is 0 Å². The molecule has 0 aliphatic carbocycles. The lowest BCUT2D eigenvalue weighted by molar-refractivity contribution is 0.524. The van der Waals surface area contributed by atoms with E-state index in [2.05, 4.69) is 55.2 Å². The summed E-state index contributed by atoms with van der Waals surface area (Å²) < 4.78 is 0. The number of anilines is 2. The standard InChI is InChI=1S/C13H25N5/c1-12(2,3)17-10-8-11(16-9-15-10)18-13(4,5)6-7-14/h8-9H,6-7,14H2,1-5H3,(H2,15,16,17,18). The first kappa shape index (κ1) is 14.7. The summed E-state index contributed by atoms with van der Waals surface area (Å²) in [7, 11) is 0. The van der Waals surface area contributed by atoms with E-state index in [0.29, 0.717) is 6.54 Å². The van der Waals surface area contributed by atoms with E-state index in [1.807, 2.05) is 6.07 Å². The highest BCUT2D eigenvalue weighted by atomic mass is 15.1. The molecule has 0 saturated heterocycles. The van der Waals surface area contributed by atoms with E-state index in [1.165, 1.54) is 0 Å². The van der Waals surface area contributed by atoms with Crippen molar-refractivity contribution in [2.24, 2.45) is 5.73 Å². The van der Waals surface area contributed by atoms with E-state index >= 15 is 0 Å². The maximum Gasteiger partial charge on any atom is 0.131 e. The van der Waals surface area contributed by atoms with E-state index in [1.54, 1.807) is 6.33 Å². The van der Waals surface area contributed by atoms with Crippen LogP contribution in [0.1, 0.15) is 41.0 Å². The van der Waals surface area contributed by atoms with Gasteiger partial charge in [-0.2, -0.15) is 0 Å². The van der Waals surface area contributed by atoms with Gasteiger partial charge in [-0.1, -0.05) is 0 Å². The summed E-state index contributed by atoms with van der Waals surface area (Å²) in [5.41, 5.74) is 5.51. The Balaban J connectivity index is 2.76. The highest BCUT2D eigenvalue weighted by molar-refractivity contribution is 5.48. The Bertz CT molecular complexity index is 381. The van der Waals surface area contributed by atoms with Crippen LogP contribution >= 0.6 is 0 Å². The monoisotopic (exact) mass is 251 g/mol. The zero-order valence-corrected chi connectivity index (χ0v) is 12.0. The molecule has 4 N–H and O–H groups in total. The van der Waals surface area contributed by atoms with E-state index < -0.39 is 0 Å². The molecule has 0 aromatic carbocycles. The van der Waals surface area contributed by atoms with Gasteiger partial charge in [-0.05, 0) is 47.6 Å². The molecule has 0 radical (unpaired) electrons. The van der Waals surface area contributed by atoms with Gasteiger partial charge in [-0.15, -0.1) is 0 Å². The van der Waals surface area contributed by atoms with Gasteiger partial charge in [-0.25, -0.2) is 9.97 Å². The van der Waals surface area contributed by atoms with Crippen LogP contribution in [0.3, 0.4) is 0 Å². The highest BCUT2D eigenvalue weighted by Gasteiger charge is 2.17. The molecule has 1 aromatic rings. The van der Waals surface area contributed by atoms with Gasteiger partial charge in [0, 0.05) is 17.1 Å². The quantitative estimate of drug-likeness (QED) is 0.748. The average molecular weight is 251 g/mol. The SMILES string of the molecule is CC(C)(C)Nc1cc(NC(C)(C)CCN)ncn1. The summed E-state index contributed by atoms with van der Waals surface area (Å²) >= 11 is 0. The fourth-order valence-corrected chi connectivity index (χ4v) is 1.65. The van der Waals surface area contributed by atoms with Crippen molar-refractivity contribution >= 4 is 11.6 Å². The summed E-state index contributed by atoms with van der Waals surface area (Å²) in [6.07, 6.45) is 2.45. The normalized spacial score (nSPS) is 12.3. The lowest BCUT2D eigenvalue weighted by Gasteiger charge is -2.27. The number of nitrogens with zero attached hydrogens (tertiary/aromatic N) is 2. The van der Waals surface area contributed by atoms with Crippen LogP contribution in [0.2, 0.25) is 0 Å². The Kier molecular flexibility index (Phi) is 4.51. The van der Waals surface area contributed by atoms with Crippen molar-refractivity contribution in [3.05, 3.63) is 12.4 Å². The van der Waals surface area contributed by atoms with Gasteiger partial charge in [0.2, 0.25) is 0 Å². The average Bonchev–Trinajstić information content (AvgIpc) is 2.13. The third-order valence-electron chi connectivity index (χ3n) is 2.41. The maximum absolute atomic E-state index is 5.60. The van der Waals surface area contributed by atoms with Crippen LogP contribution in [-0.2, 0) is 0 Å². The molecule has 0 bridgehead atoms. The lowest BCUT2D eigenvalue weighted by atomic mass is 10.0. The molecule has 1 heterocycles. The molecule has 0 amide bonds. The third-order valence-corrected chi connectivity index (χ3v) is 2.41. The first-order chi connectivity index (χ1) is 8.22. The number of nitrogens with one attached hydrogen (secondary N) is 2. The second kappa shape index (κ2) is 5.52. The van der Waals surface area contributed by atoms with Gasteiger partial charge < -0.3 is 16.4 Å². The Morgan fingerprint density at radius 2 is 1.61 bits per heavy atom. The van der Waals surface area contributed by atoms with Crippen molar-refractivity contribution in [2.75, 3.05) is 17.2 Å². The van der Waals surface area contributed by atoms with Crippen LogP contribution in [-0.4, -0.2) is 27.6 Å². The maximum atomic E-state index is 5.60. The molecular weight excluding hydrogens is 226 g/mol. The molecule has 0 saturated carbocycles. The number of hydrogen-bond acceptors (Lipinski definition) is 5. The zero-order valence-electron chi connectivity index (χ0n) is 12.0. The van der Waals surface area contributed by atoms with E-state index in [-0.39, 0.29) is 11.1 Å². The summed E-state index contributed by atoms with van der Waals surface area (Å²) in [6, 6.07) is 1.92. The van der Waals surface area contributed by atoms with Gasteiger partial charge >= 0.3 is 0 Å². The number of nitrogens with two attached hydrogens (primary N) is 1. The van der Waals surface area contributed by atoms with Crippen LogP contribution < -0.4 is 16.4 Å². The first-order valence-corrected chi connectivity index (χ1v) is 6.30. The summed E-state index contributed by atoms with van der Waals surface area (Å²) in [5.74, 6) is 1.64. The summed E-state index contributed by atoms with van der Waals surface area (Å²) in [6.45, 7) is 11.2. The van der Waals surface area contributed by atoms with Crippen molar-refractivity contribution in [1.29, 1.82) is 0 Å². The predicted molar refractivity (Wildman–Crippen MR) is 76.8 cm³/mol. The van der Waals surface area contributed by atoms with Gasteiger partial charge in [0.05, 0.1) is 0 Å². The van der Waals surface area contributed by atoms with Crippen LogP contribution in [0.4, 0.5) is 11.6 Å². The molecule has 0 atom stereocenters. The number of rotatable bonds is 5. The van der Waals surface area contributed by atoms with Gasteiger partial charge in [0.15, 0.2) is 0 Å². The largest absolute Gasteiger partial charge is 0.365 e. The molecule has 0 unspecified atom stereocenters.